The van der Waals surface area contributed by atoms with E-state index in [1.807, 2.05) is 30.9 Å². The molecule has 1 saturated heterocycles. The van der Waals surface area contributed by atoms with E-state index >= 15 is 0 Å². The quantitative estimate of drug-likeness (QED) is 0.928. The monoisotopic (exact) mass is 291 g/mol. The van der Waals surface area contributed by atoms with Crippen molar-refractivity contribution in [3.63, 3.8) is 0 Å². The van der Waals surface area contributed by atoms with Crippen LogP contribution in [0.15, 0.2) is 18.3 Å². The molecule has 116 valence electrons. The second kappa shape index (κ2) is 7.29. The van der Waals surface area contributed by atoms with Gasteiger partial charge in [-0.1, -0.05) is 13.0 Å². The van der Waals surface area contributed by atoms with Crippen LogP contribution in [0.25, 0.3) is 0 Å². The summed E-state index contributed by atoms with van der Waals surface area (Å²) >= 11 is 0. The number of hydrogen-bond donors (Lipinski definition) is 1. The molecule has 1 aliphatic heterocycles. The second-order valence-corrected chi connectivity index (χ2v) is 6.02. The lowest BCUT2D eigenvalue weighted by Gasteiger charge is -2.30. The number of carbonyl (C=O) groups excluding carboxylic acids is 1. The summed E-state index contributed by atoms with van der Waals surface area (Å²) in [6.07, 6.45) is 4.17. The summed E-state index contributed by atoms with van der Waals surface area (Å²) < 4.78 is 5.50. The SMILES string of the molecule is CC1CCCN(C(=O)NCc2ccc(OC(C)C)nc2)C1. The normalized spacial score (nSPS) is 18.7. The third-order valence-electron chi connectivity index (χ3n) is 3.54. The minimum absolute atomic E-state index is 0.0176. The van der Waals surface area contributed by atoms with E-state index < -0.39 is 0 Å². The van der Waals surface area contributed by atoms with Crippen molar-refractivity contribution in [2.45, 2.75) is 46.3 Å². The molecule has 1 aromatic rings. The number of piperidine rings is 1. The summed E-state index contributed by atoms with van der Waals surface area (Å²) in [5.74, 6) is 1.21. The van der Waals surface area contributed by atoms with E-state index in [0.717, 1.165) is 25.1 Å². The number of hydrogen-bond acceptors (Lipinski definition) is 3. The number of pyridine rings is 1. The molecule has 1 unspecified atom stereocenters. The Morgan fingerprint density at radius 2 is 2.33 bits per heavy atom. The minimum Gasteiger partial charge on any atom is -0.475 e. The number of urea groups is 1. The van der Waals surface area contributed by atoms with E-state index in [2.05, 4.69) is 17.2 Å². The zero-order valence-electron chi connectivity index (χ0n) is 13.1. The average molecular weight is 291 g/mol. The predicted molar refractivity (Wildman–Crippen MR) is 82.2 cm³/mol. The van der Waals surface area contributed by atoms with Gasteiger partial charge in [-0.15, -0.1) is 0 Å². The van der Waals surface area contributed by atoms with E-state index in [4.69, 9.17) is 4.74 Å². The number of amides is 2. The van der Waals surface area contributed by atoms with Crippen LogP contribution in [0.1, 0.15) is 39.2 Å². The third-order valence-corrected chi connectivity index (χ3v) is 3.54. The minimum atomic E-state index is 0.0176. The summed E-state index contributed by atoms with van der Waals surface area (Å²) in [5.41, 5.74) is 0.976. The summed E-state index contributed by atoms with van der Waals surface area (Å²) in [7, 11) is 0. The van der Waals surface area contributed by atoms with E-state index in [0.29, 0.717) is 18.3 Å². The predicted octanol–water partition coefficient (Wildman–Crippen LogP) is 2.81. The molecule has 1 aliphatic rings. The molecule has 0 bridgehead atoms. The highest BCUT2D eigenvalue weighted by Gasteiger charge is 2.20. The van der Waals surface area contributed by atoms with E-state index in [-0.39, 0.29) is 12.1 Å². The van der Waals surface area contributed by atoms with Gasteiger partial charge in [0, 0.05) is 31.9 Å². The van der Waals surface area contributed by atoms with Gasteiger partial charge in [-0.2, -0.15) is 0 Å². The maximum atomic E-state index is 12.1. The number of likely N-dealkylation sites (tertiary alicyclic amines) is 1. The van der Waals surface area contributed by atoms with Crippen LogP contribution < -0.4 is 10.1 Å². The average Bonchev–Trinajstić information content (AvgIpc) is 2.45. The molecule has 5 heteroatoms. The fourth-order valence-corrected chi connectivity index (χ4v) is 2.49. The van der Waals surface area contributed by atoms with Crippen molar-refractivity contribution in [2.75, 3.05) is 13.1 Å². The lowest BCUT2D eigenvalue weighted by Crippen LogP contribution is -2.44. The van der Waals surface area contributed by atoms with E-state index in [1.54, 1.807) is 6.20 Å². The molecule has 0 spiro atoms. The molecule has 0 aromatic carbocycles. The van der Waals surface area contributed by atoms with Gasteiger partial charge in [0.25, 0.3) is 0 Å². The van der Waals surface area contributed by atoms with Crippen LogP contribution in [-0.4, -0.2) is 35.1 Å². The highest BCUT2D eigenvalue weighted by Crippen LogP contribution is 2.15. The van der Waals surface area contributed by atoms with Gasteiger partial charge in [0.15, 0.2) is 0 Å². The highest BCUT2D eigenvalue weighted by molar-refractivity contribution is 5.74. The Labute approximate surface area is 126 Å². The molecular formula is C16H25N3O2. The molecule has 1 aromatic heterocycles. The Balaban J connectivity index is 1.80. The van der Waals surface area contributed by atoms with Gasteiger partial charge in [-0.25, -0.2) is 9.78 Å². The molecule has 1 N–H and O–H groups in total. The number of ether oxygens (including phenoxy) is 1. The van der Waals surface area contributed by atoms with Crippen LogP contribution in [0.4, 0.5) is 4.79 Å². The van der Waals surface area contributed by atoms with Crippen molar-refractivity contribution in [3.8, 4) is 5.88 Å². The molecular weight excluding hydrogens is 266 g/mol. The molecule has 2 heterocycles. The lowest BCUT2D eigenvalue weighted by atomic mass is 10.0. The molecule has 2 amide bonds. The van der Waals surface area contributed by atoms with Gasteiger partial charge in [0.2, 0.25) is 5.88 Å². The molecule has 5 nitrogen and oxygen atoms in total. The van der Waals surface area contributed by atoms with Crippen LogP contribution in [-0.2, 0) is 6.54 Å². The smallest absolute Gasteiger partial charge is 0.317 e. The second-order valence-electron chi connectivity index (χ2n) is 6.02. The zero-order chi connectivity index (χ0) is 15.2. The summed E-state index contributed by atoms with van der Waals surface area (Å²) in [6, 6.07) is 3.79. The number of nitrogens with one attached hydrogen (secondary N) is 1. The van der Waals surface area contributed by atoms with E-state index in [1.165, 1.54) is 6.42 Å². The number of nitrogens with zero attached hydrogens (tertiary/aromatic N) is 2. The molecule has 0 aliphatic carbocycles. The van der Waals surface area contributed by atoms with Gasteiger partial charge in [0.05, 0.1) is 6.10 Å². The number of carbonyl (C=O) groups is 1. The van der Waals surface area contributed by atoms with E-state index in [9.17, 15) is 4.79 Å². The van der Waals surface area contributed by atoms with Crippen LogP contribution in [0.5, 0.6) is 5.88 Å². The maximum absolute atomic E-state index is 12.1. The van der Waals surface area contributed by atoms with Crippen LogP contribution in [0.2, 0.25) is 0 Å². The molecule has 1 atom stereocenters. The molecule has 2 rings (SSSR count). The largest absolute Gasteiger partial charge is 0.475 e. The first kappa shape index (κ1) is 15.6. The summed E-state index contributed by atoms with van der Waals surface area (Å²) in [5, 5.41) is 2.96. The van der Waals surface area contributed by atoms with Gasteiger partial charge < -0.3 is 15.0 Å². The van der Waals surface area contributed by atoms with Crippen LogP contribution in [0, 0.1) is 5.92 Å². The Kier molecular flexibility index (Phi) is 5.42. The van der Waals surface area contributed by atoms with Crippen molar-refractivity contribution < 1.29 is 9.53 Å². The number of aromatic nitrogens is 1. The Bertz CT molecular complexity index is 459. The Morgan fingerprint density at radius 1 is 1.52 bits per heavy atom. The Morgan fingerprint density at radius 3 is 2.95 bits per heavy atom. The fourth-order valence-electron chi connectivity index (χ4n) is 2.49. The van der Waals surface area contributed by atoms with Gasteiger partial charge >= 0.3 is 6.03 Å². The Hall–Kier alpha value is -1.78. The van der Waals surface area contributed by atoms with Gasteiger partial charge in [-0.3, -0.25) is 0 Å². The number of rotatable bonds is 4. The summed E-state index contributed by atoms with van der Waals surface area (Å²) in [4.78, 5) is 18.2. The first-order chi connectivity index (χ1) is 10.0. The topological polar surface area (TPSA) is 54.5 Å². The van der Waals surface area contributed by atoms with Crippen molar-refractivity contribution in [3.05, 3.63) is 23.9 Å². The fraction of sp³-hybridized carbons (Fsp3) is 0.625. The molecule has 21 heavy (non-hydrogen) atoms. The maximum Gasteiger partial charge on any atom is 0.317 e. The lowest BCUT2D eigenvalue weighted by molar-refractivity contribution is 0.169. The first-order valence-electron chi connectivity index (χ1n) is 7.69. The van der Waals surface area contributed by atoms with Crippen LogP contribution >= 0.6 is 0 Å². The third kappa shape index (κ3) is 4.92. The zero-order valence-corrected chi connectivity index (χ0v) is 13.1. The molecule has 0 saturated carbocycles. The van der Waals surface area contributed by atoms with Gasteiger partial charge in [-0.05, 0) is 38.2 Å². The van der Waals surface area contributed by atoms with Crippen molar-refractivity contribution >= 4 is 6.03 Å². The summed E-state index contributed by atoms with van der Waals surface area (Å²) in [6.45, 7) is 8.33. The van der Waals surface area contributed by atoms with Crippen molar-refractivity contribution in [2.24, 2.45) is 5.92 Å². The highest BCUT2D eigenvalue weighted by atomic mass is 16.5. The molecule has 0 radical (unpaired) electrons. The first-order valence-corrected chi connectivity index (χ1v) is 7.69. The standard InChI is InChI=1S/C16H25N3O2/c1-12(2)21-15-7-6-14(9-17-15)10-18-16(20)19-8-4-5-13(3)11-19/h6-7,9,12-13H,4-5,8,10-11H2,1-3H3,(H,18,20). The van der Waals surface area contributed by atoms with Crippen molar-refractivity contribution in [1.82, 2.24) is 15.2 Å². The van der Waals surface area contributed by atoms with Crippen molar-refractivity contribution in [1.29, 1.82) is 0 Å². The molecule has 1 fully saturated rings. The van der Waals surface area contributed by atoms with Crippen LogP contribution in [0.3, 0.4) is 0 Å². The van der Waals surface area contributed by atoms with Gasteiger partial charge in [0.1, 0.15) is 0 Å².